The van der Waals surface area contributed by atoms with Crippen LogP contribution in [0.1, 0.15) is 5.69 Å². The van der Waals surface area contributed by atoms with Crippen LogP contribution >= 0.6 is 12.4 Å². The van der Waals surface area contributed by atoms with E-state index in [0.717, 1.165) is 18.8 Å². The Bertz CT molecular complexity index is 1250. The number of nitrogens with zero attached hydrogens (tertiary/aromatic N) is 6. The van der Waals surface area contributed by atoms with Gasteiger partial charge in [-0.2, -0.15) is 5.26 Å². The molecule has 1 saturated carbocycles. The van der Waals surface area contributed by atoms with Crippen LogP contribution in [0, 0.1) is 29.0 Å². The minimum absolute atomic E-state index is 0. The molecule has 0 radical (unpaired) electrons. The molecule has 2 aliphatic heterocycles. The third-order valence-corrected chi connectivity index (χ3v) is 6.98. The maximum absolute atomic E-state index is 15.0. The maximum Gasteiger partial charge on any atom is 0.414 e. The van der Waals surface area contributed by atoms with Gasteiger partial charge in [-0.15, -0.1) is 22.6 Å². The molecule has 2 unspecified atom stereocenters. The number of nitriles is 1. The zero-order valence-corrected chi connectivity index (χ0v) is 18.8. The number of pyridine rings is 1. The van der Waals surface area contributed by atoms with E-state index in [1.54, 1.807) is 41.6 Å². The molecular formula is C23H21ClFN7O2. The predicted molar refractivity (Wildman–Crippen MR) is 122 cm³/mol. The molecule has 0 bridgehead atoms. The van der Waals surface area contributed by atoms with E-state index < -0.39 is 17.3 Å². The number of fused-ring (bicyclic) bond motifs is 1. The van der Waals surface area contributed by atoms with E-state index in [2.05, 4.69) is 26.6 Å². The summed E-state index contributed by atoms with van der Waals surface area (Å²) in [7, 11) is 0. The fraction of sp³-hybridized carbons (Fsp3) is 0.348. The first-order valence-corrected chi connectivity index (χ1v) is 10.8. The number of nitrogens with one attached hydrogen (secondary N) is 1. The van der Waals surface area contributed by atoms with Crippen molar-refractivity contribution in [3.63, 3.8) is 0 Å². The summed E-state index contributed by atoms with van der Waals surface area (Å²) in [5.41, 5.74) is 1.66. The van der Waals surface area contributed by atoms with E-state index in [-0.39, 0.29) is 18.5 Å². The summed E-state index contributed by atoms with van der Waals surface area (Å²) in [6.07, 6.45) is 3.83. The normalized spacial score (nSPS) is 27.0. The van der Waals surface area contributed by atoms with Crippen LogP contribution in [0.2, 0.25) is 0 Å². The highest BCUT2D eigenvalue weighted by atomic mass is 35.5. The number of carbonyl (C=O) groups excluding carboxylic acids is 1. The number of anilines is 1. The molecular weight excluding hydrogens is 461 g/mol. The van der Waals surface area contributed by atoms with Crippen LogP contribution in [0.25, 0.3) is 11.1 Å². The van der Waals surface area contributed by atoms with Gasteiger partial charge in [0, 0.05) is 42.2 Å². The lowest BCUT2D eigenvalue weighted by atomic mass is 9.96. The van der Waals surface area contributed by atoms with E-state index in [0.29, 0.717) is 41.7 Å². The molecule has 3 fully saturated rings. The Balaban J connectivity index is 0.00000241. The second kappa shape index (κ2) is 8.34. The Morgan fingerprint density at radius 3 is 2.62 bits per heavy atom. The highest BCUT2D eigenvalue weighted by Crippen LogP contribution is 2.60. The van der Waals surface area contributed by atoms with Gasteiger partial charge in [-0.3, -0.25) is 9.88 Å². The van der Waals surface area contributed by atoms with E-state index in [1.807, 2.05) is 6.07 Å². The standard InChI is InChI=1S/C23H20FN7O2.ClH/c24-20-5-15(31-10-16(33-22(31)32)9-30-12-28-29-13-30)2-3-17(20)14-1-4-21(27-6-14)23(11-25)18-7-26-8-19(18)23;/h1-6,12-13,16,18-19,26H,7-10H2;1H/t16-,18?,19?,23?;/m0./s1. The molecule has 6 rings (SSSR count). The van der Waals surface area contributed by atoms with Crippen LogP contribution in [-0.2, 0) is 16.7 Å². The Labute approximate surface area is 201 Å². The van der Waals surface area contributed by atoms with E-state index >= 15 is 4.39 Å². The molecule has 34 heavy (non-hydrogen) atoms. The number of amides is 1. The number of piperidine rings is 1. The first-order chi connectivity index (χ1) is 16.1. The Hall–Kier alpha value is -3.55. The first-order valence-electron chi connectivity index (χ1n) is 10.8. The van der Waals surface area contributed by atoms with Crippen LogP contribution in [-0.4, -0.2) is 51.6 Å². The highest BCUT2D eigenvalue weighted by molar-refractivity contribution is 5.90. The average Bonchev–Trinajstić information content (AvgIpc) is 3.35. The van der Waals surface area contributed by atoms with Crippen molar-refractivity contribution in [1.29, 1.82) is 5.26 Å². The van der Waals surface area contributed by atoms with Crippen molar-refractivity contribution in [2.45, 2.75) is 18.1 Å². The van der Waals surface area contributed by atoms with E-state index in [4.69, 9.17) is 4.74 Å². The molecule has 0 spiro atoms. The lowest BCUT2D eigenvalue weighted by molar-refractivity contribution is 0.131. The zero-order valence-electron chi connectivity index (χ0n) is 18.0. The molecule has 1 amide bonds. The van der Waals surface area contributed by atoms with Crippen LogP contribution in [0.3, 0.4) is 0 Å². The molecule has 1 aromatic carbocycles. The molecule has 2 saturated heterocycles. The van der Waals surface area contributed by atoms with Gasteiger partial charge in [-0.05, 0) is 24.3 Å². The Morgan fingerprint density at radius 2 is 1.97 bits per heavy atom. The molecule has 1 aliphatic carbocycles. The summed E-state index contributed by atoms with van der Waals surface area (Å²) in [6.45, 7) is 2.39. The fourth-order valence-electron chi connectivity index (χ4n) is 5.23. The number of carbonyl (C=O) groups is 1. The maximum atomic E-state index is 15.0. The summed E-state index contributed by atoms with van der Waals surface area (Å²) < 4.78 is 22.2. The SMILES string of the molecule is Cl.N#CC1(c2ccc(-c3ccc(N4C[C@H](Cn5cnnc5)OC4=O)cc3F)cn2)C2CNCC21. The van der Waals surface area contributed by atoms with Crippen molar-refractivity contribution in [2.75, 3.05) is 24.5 Å². The van der Waals surface area contributed by atoms with Crippen LogP contribution in [0.5, 0.6) is 0 Å². The van der Waals surface area contributed by atoms with Gasteiger partial charge in [0.25, 0.3) is 0 Å². The molecule has 3 atom stereocenters. The summed E-state index contributed by atoms with van der Waals surface area (Å²) in [5, 5.41) is 20.5. The van der Waals surface area contributed by atoms with Gasteiger partial charge in [0.05, 0.1) is 30.5 Å². The van der Waals surface area contributed by atoms with Gasteiger partial charge in [-0.25, -0.2) is 9.18 Å². The first kappa shape index (κ1) is 22.3. The number of hydrogen-bond acceptors (Lipinski definition) is 7. The summed E-state index contributed by atoms with van der Waals surface area (Å²) >= 11 is 0. The molecule has 11 heteroatoms. The monoisotopic (exact) mass is 481 g/mol. The quantitative estimate of drug-likeness (QED) is 0.596. The predicted octanol–water partition coefficient (Wildman–Crippen LogP) is 2.54. The number of halogens is 2. The van der Waals surface area contributed by atoms with E-state index in [9.17, 15) is 10.1 Å². The van der Waals surface area contributed by atoms with Crippen molar-refractivity contribution >= 4 is 24.2 Å². The van der Waals surface area contributed by atoms with Crippen molar-refractivity contribution in [2.24, 2.45) is 11.8 Å². The summed E-state index contributed by atoms with van der Waals surface area (Å²) in [6, 6.07) is 10.8. The lowest BCUT2D eigenvalue weighted by Crippen LogP contribution is -2.25. The smallest absolute Gasteiger partial charge is 0.414 e. The number of cyclic esters (lactones) is 1. The van der Waals surface area contributed by atoms with Crippen LogP contribution in [0.15, 0.2) is 49.2 Å². The number of aromatic nitrogens is 4. The third-order valence-electron chi connectivity index (χ3n) is 6.98. The lowest BCUT2D eigenvalue weighted by Gasteiger charge is -2.15. The molecule has 1 N–H and O–H groups in total. The number of benzene rings is 1. The van der Waals surface area contributed by atoms with Gasteiger partial charge in [0.15, 0.2) is 0 Å². The van der Waals surface area contributed by atoms with Gasteiger partial charge < -0.3 is 14.6 Å². The third kappa shape index (κ3) is 3.40. The second-order valence-electron chi connectivity index (χ2n) is 8.72. The largest absolute Gasteiger partial charge is 0.442 e. The van der Waals surface area contributed by atoms with Gasteiger partial charge in [-0.1, -0.05) is 6.07 Å². The van der Waals surface area contributed by atoms with Gasteiger partial charge >= 0.3 is 6.09 Å². The molecule has 3 aromatic rings. The zero-order chi connectivity index (χ0) is 22.6. The highest BCUT2D eigenvalue weighted by Gasteiger charge is 2.69. The molecule has 174 valence electrons. The minimum Gasteiger partial charge on any atom is -0.442 e. The van der Waals surface area contributed by atoms with Crippen LogP contribution < -0.4 is 10.2 Å². The summed E-state index contributed by atoms with van der Waals surface area (Å²) in [5.74, 6) is 0.136. The topological polar surface area (TPSA) is 109 Å². The number of hydrogen-bond donors (Lipinski definition) is 1. The molecule has 2 aromatic heterocycles. The van der Waals surface area contributed by atoms with Crippen molar-refractivity contribution < 1.29 is 13.9 Å². The van der Waals surface area contributed by atoms with Crippen molar-refractivity contribution in [3.05, 3.63) is 60.7 Å². The number of rotatable bonds is 5. The minimum atomic E-state index is -0.522. The molecule has 9 nitrogen and oxygen atoms in total. The van der Waals surface area contributed by atoms with Gasteiger partial charge in [0.1, 0.15) is 30.0 Å². The molecule has 3 aliphatic rings. The Kier molecular flexibility index (Phi) is 5.46. The van der Waals surface area contributed by atoms with Gasteiger partial charge in [0.2, 0.25) is 0 Å². The Morgan fingerprint density at radius 1 is 1.21 bits per heavy atom. The van der Waals surface area contributed by atoms with Crippen molar-refractivity contribution in [3.8, 4) is 17.2 Å². The fourth-order valence-corrected chi connectivity index (χ4v) is 5.23. The van der Waals surface area contributed by atoms with Crippen molar-refractivity contribution in [1.82, 2.24) is 25.1 Å². The second-order valence-corrected chi connectivity index (χ2v) is 8.72. The van der Waals surface area contributed by atoms with E-state index in [1.165, 1.54) is 11.0 Å². The average molecular weight is 482 g/mol. The number of ether oxygens (including phenoxy) is 1. The summed E-state index contributed by atoms with van der Waals surface area (Å²) in [4.78, 5) is 18.3. The van der Waals surface area contributed by atoms with Crippen LogP contribution in [0.4, 0.5) is 14.9 Å². The molecule has 4 heterocycles.